The maximum Gasteiger partial charge on any atom is 0.0748 e. The minimum absolute atomic E-state index is 0.213. The minimum atomic E-state index is 0.213. The normalized spacial score (nSPS) is 24.0. The first-order valence-corrected chi connectivity index (χ1v) is 8.04. The van der Waals surface area contributed by atoms with Crippen LogP contribution in [0.15, 0.2) is 18.2 Å². The molecule has 0 saturated carbocycles. The van der Waals surface area contributed by atoms with E-state index in [-0.39, 0.29) is 5.41 Å². The first-order chi connectivity index (χ1) is 9.34. The summed E-state index contributed by atoms with van der Waals surface area (Å²) < 4.78 is 0. The maximum absolute atomic E-state index is 6.40. The topological polar surface area (TPSA) is 15.3 Å². The Kier molecular flexibility index (Phi) is 4.88. The van der Waals surface area contributed by atoms with Gasteiger partial charge in [0.05, 0.1) is 15.7 Å². The zero-order valence-corrected chi connectivity index (χ0v) is 14.2. The molecule has 20 heavy (non-hydrogen) atoms. The summed E-state index contributed by atoms with van der Waals surface area (Å²) in [5.41, 5.74) is 1.20. The van der Waals surface area contributed by atoms with Crippen LogP contribution in [0, 0.1) is 5.41 Å². The highest BCUT2D eigenvalue weighted by Crippen LogP contribution is 2.37. The molecule has 1 aliphatic rings. The Morgan fingerprint density at radius 2 is 1.85 bits per heavy atom. The fourth-order valence-electron chi connectivity index (χ4n) is 2.78. The van der Waals surface area contributed by atoms with Gasteiger partial charge in [-0.05, 0) is 24.0 Å². The van der Waals surface area contributed by atoms with E-state index >= 15 is 0 Å². The molecule has 0 amide bonds. The predicted molar refractivity (Wildman–Crippen MR) is 89.1 cm³/mol. The van der Waals surface area contributed by atoms with Crippen molar-refractivity contribution in [2.45, 2.75) is 46.2 Å². The van der Waals surface area contributed by atoms with Crippen molar-refractivity contribution in [2.24, 2.45) is 5.41 Å². The third-order valence-corrected chi connectivity index (χ3v) is 4.77. The summed E-state index contributed by atoms with van der Waals surface area (Å²) in [5.74, 6) is 0. The lowest BCUT2D eigenvalue weighted by molar-refractivity contribution is 0.234. The summed E-state index contributed by atoms with van der Waals surface area (Å²) in [5, 5.41) is 5.15. The first-order valence-electron chi connectivity index (χ1n) is 7.28. The van der Waals surface area contributed by atoms with E-state index in [0.29, 0.717) is 12.1 Å². The van der Waals surface area contributed by atoms with E-state index in [1.54, 1.807) is 0 Å². The van der Waals surface area contributed by atoms with Crippen LogP contribution in [0.4, 0.5) is 5.69 Å². The van der Waals surface area contributed by atoms with E-state index in [1.807, 2.05) is 18.2 Å². The second-order valence-electron chi connectivity index (χ2n) is 6.61. The second kappa shape index (κ2) is 6.13. The minimum Gasteiger partial charge on any atom is -0.363 e. The highest BCUT2D eigenvalue weighted by molar-refractivity contribution is 6.39. The fourth-order valence-corrected chi connectivity index (χ4v) is 3.40. The smallest absolute Gasteiger partial charge is 0.0748 e. The number of benzene rings is 1. The molecule has 1 N–H and O–H groups in total. The molecular weight excluding hydrogens is 291 g/mol. The van der Waals surface area contributed by atoms with Gasteiger partial charge in [0.25, 0.3) is 0 Å². The van der Waals surface area contributed by atoms with Crippen molar-refractivity contribution in [3.8, 4) is 0 Å². The maximum atomic E-state index is 6.40. The molecule has 2 rings (SSSR count). The van der Waals surface area contributed by atoms with Crippen molar-refractivity contribution in [2.75, 3.05) is 18.0 Å². The average molecular weight is 315 g/mol. The number of piperazine rings is 1. The molecule has 112 valence electrons. The molecule has 1 aliphatic heterocycles. The molecule has 1 aromatic carbocycles. The molecule has 1 fully saturated rings. The SMILES string of the molecule is CCC1CNC(C(C)(C)C)CN1c1c(Cl)cccc1Cl. The molecule has 2 atom stereocenters. The van der Waals surface area contributed by atoms with E-state index in [2.05, 4.69) is 37.9 Å². The number of hydrogen-bond acceptors (Lipinski definition) is 2. The third kappa shape index (κ3) is 3.24. The van der Waals surface area contributed by atoms with E-state index in [4.69, 9.17) is 23.2 Å². The van der Waals surface area contributed by atoms with Crippen LogP contribution < -0.4 is 10.2 Å². The number of nitrogens with zero attached hydrogens (tertiary/aromatic N) is 1. The van der Waals surface area contributed by atoms with Gasteiger partial charge in [-0.3, -0.25) is 0 Å². The van der Waals surface area contributed by atoms with Crippen LogP contribution in [0.1, 0.15) is 34.1 Å². The van der Waals surface area contributed by atoms with Gasteiger partial charge in [-0.25, -0.2) is 0 Å². The Balaban J connectivity index is 2.35. The number of anilines is 1. The van der Waals surface area contributed by atoms with Gasteiger partial charge in [0.15, 0.2) is 0 Å². The lowest BCUT2D eigenvalue weighted by Gasteiger charge is -2.46. The van der Waals surface area contributed by atoms with Gasteiger partial charge >= 0.3 is 0 Å². The van der Waals surface area contributed by atoms with Crippen molar-refractivity contribution < 1.29 is 0 Å². The lowest BCUT2D eigenvalue weighted by atomic mass is 9.84. The van der Waals surface area contributed by atoms with Gasteiger partial charge in [-0.2, -0.15) is 0 Å². The molecule has 0 aromatic heterocycles. The predicted octanol–water partition coefficient (Wildman–Crippen LogP) is 4.60. The largest absolute Gasteiger partial charge is 0.363 e. The Bertz CT molecular complexity index is 448. The Morgan fingerprint density at radius 3 is 2.35 bits per heavy atom. The summed E-state index contributed by atoms with van der Waals surface area (Å²) in [4.78, 5) is 2.39. The summed E-state index contributed by atoms with van der Waals surface area (Å²) >= 11 is 12.8. The number of hydrogen-bond donors (Lipinski definition) is 1. The number of nitrogens with one attached hydrogen (secondary N) is 1. The van der Waals surface area contributed by atoms with E-state index in [1.165, 1.54) is 0 Å². The van der Waals surface area contributed by atoms with E-state index in [0.717, 1.165) is 35.2 Å². The zero-order valence-electron chi connectivity index (χ0n) is 12.7. The molecular formula is C16H24Cl2N2. The van der Waals surface area contributed by atoms with Gasteiger partial charge in [0.1, 0.15) is 0 Å². The zero-order chi connectivity index (χ0) is 14.9. The molecule has 0 spiro atoms. The lowest BCUT2D eigenvalue weighted by Crippen LogP contribution is -2.60. The highest BCUT2D eigenvalue weighted by Gasteiger charge is 2.34. The molecule has 1 heterocycles. The van der Waals surface area contributed by atoms with Crippen LogP contribution in [0.2, 0.25) is 10.0 Å². The molecule has 4 heteroatoms. The average Bonchev–Trinajstić information content (AvgIpc) is 2.37. The van der Waals surface area contributed by atoms with Crippen molar-refractivity contribution in [3.63, 3.8) is 0 Å². The monoisotopic (exact) mass is 314 g/mol. The van der Waals surface area contributed by atoms with Crippen molar-refractivity contribution in [3.05, 3.63) is 28.2 Å². The summed E-state index contributed by atoms with van der Waals surface area (Å²) in [7, 11) is 0. The Labute approximate surface area is 132 Å². The first kappa shape index (κ1) is 15.9. The van der Waals surface area contributed by atoms with Crippen molar-refractivity contribution in [1.82, 2.24) is 5.32 Å². The summed E-state index contributed by atoms with van der Waals surface area (Å²) in [6.07, 6.45) is 1.07. The van der Waals surface area contributed by atoms with Crippen LogP contribution in [-0.2, 0) is 0 Å². The van der Waals surface area contributed by atoms with E-state index < -0.39 is 0 Å². The van der Waals surface area contributed by atoms with Crippen LogP contribution in [0.25, 0.3) is 0 Å². The van der Waals surface area contributed by atoms with Crippen molar-refractivity contribution >= 4 is 28.9 Å². The quantitative estimate of drug-likeness (QED) is 0.858. The second-order valence-corrected chi connectivity index (χ2v) is 7.43. The number of para-hydroxylation sites is 1. The van der Waals surface area contributed by atoms with Crippen LogP contribution in [0.3, 0.4) is 0 Å². The van der Waals surface area contributed by atoms with Crippen LogP contribution >= 0.6 is 23.2 Å². The van der Waals surface area contributed by atoms with Gasteiger partial charge in [-0.1, -0.05) is 57.0 Å². The van der Waals surface area contributed by atoms with Gasteiger partial charge in [0.2, 0.25) is 0 Å². The molecule has 0 aliphatic carbocycles. The fraction of sp³-hybridized carbons (Fsp3) is 0.625. The molecule has 1 saturated heterocycles. The van der Waals surface area contributed by atoms with Crippen LogP contribution in [-0.4, -0.2) is 25.2 Å². The third-order valence-electron chi connectivity index (χ3n) is 4.16. The molecule has 0 radical (unpaired) electrons. The molecule has 0 bridgehead atoms. The van der Waals surface area contributed by atoms with Crippen molar-refractivity contribution in [1.29, 1.82) is 0 Å². The molecule has 1 aromatic rings. The van der Waals surface area contributed by atoms with Gasteiger partial charge in [-0.15, -0.1) is 0 Å². The van der Waals surface area contributed by atoms with Crippen LogP contribution in [0.5, 0.6) is 0 Å². The molecule has 2 nitrogen and oxygen atoms in total. The molecule has 2 unspecified atom stereocenters. The summed E-state index contributed by atoms with van der Waals surface area (Å²) in [6.45, 7) is 10.9. The Hall–Kier alpha value is -0.440. The van der Waals surface area contributed by atoms with Gasteiger partial charge in [0, 0.05) is 25.2 Å². The number of rotatable bonds is 2. The number of halogens is 2. The highest BCUT2D eigenvalue weighted by atomic mass is 35.5. The standard InChI is InChI=1S/C16H24Cl2N2/c1-5-11-9-19-14(16(2,3)4)10-20(11)15-12(17)7-6-8-13(15)18/h6-8,11,14,19H,5,9-10H2,1-4H3. The Morgan fingerprint density at radius 1 is 1.25 bits per heavy atom. The van der Waals surface area contributed by atoms with E-state index in [9.17, 15) is 0 Å². The van der Waals surface area contributed by atoms with Gasteiger partial charge < -0.3 is 10.2 Å². The summed E-state index contributed by atoms with van der Waals surface area (Å²) in [6, 6.07) is 6.61.